The summed E-state index contributed by atoms with van der Waals surface area (Å²) in [6.45, 7) is 2.93. The molecule has 82 valence electrons. The molecule has 1 aromatic rings. The minimum atomic E-state index is 0.208. The van der Waals surface area contributed by atoms with Crippen molar-refractivity contribution < 1.29 is 4.79 Å². The highest BCUT2D eigenvalue weighted by Gasteiger charge is 2.20. The van der Waals surface area contributed by atoms with Gasteiger partial charge in [0.1, 0.15) is 0 Å². The summed E-state index contributed by atoms with van der Waals surface area (Å²) in [5, 5.41) is 7.52. The van der Waals surface area contributed by atoms with Crippen molar-refractivity contribution >= 4 is 5.78 Å². The lowest BCUT2D eigenvalue weighted by Crippen LogP contribution is -2.24. The second-order valence-corrected chi connectivity index (χ2v) is 4.22. The van der Waals surface area contributed by atoms with E-state index in [1.807, 2.05) is 20.2 Å². The molecule has 0 aliphatic carbocycles. The van der Waals surface area contributed by atoms with E-state index in [0.717, 1.165) is 24.2 Å². The van der Waals surface area contributed by atoms with E-state index >= 15 is 0 Å². The van der Waals surface area contributed by atoms with Crippen molar-refractivity contribution in [3.8, 4) is 0 Å². The Labute approximate surface area is 89.7 Å². The molecule has 1 unspecified atom stereocenters. The highest BCUT2D eigenvalue weighted by Crippen LogP contribution is 2.14. The van der Waals surface area contributed by atoms with Crippen LogP contribution in [0.4, 0.5) is 0 Å². The zero-order valence-corrected chi connectivity index (χ0v) is 9.29. The van der Waals surface area contributed by atoms with Crippen LogP contribution in [0, 0.1) is 6.92 Å². The van der Waals surface area contributed by atoms with E-state index in [0.29, 0.717) is 12.5 Å². The Morgan fingerprint density at radius 3 is 3.07 bits per heavy atom. The van der Waals surface area contributed by atoms with Crippen LogP contribution in [0.3, 0.4) is 0 Å². The van der Waals surface area contributed by atoms with E-state index in [9.17, 15) is 4.79 Å². The molecule has 0 amide bonds. The van der Waals surface area contributed by atoms with Crippen LogP contribution >= 0.6 is 0 Å². The van der Waals surface area contributed by atoms with Gasteiger partial charge in [0.05, 0.1) is 11.3 Å². The number of ketones is 1. The first kappa shape index (κ1) is 10.4. The van der Waals surface area contributed by atoms with Gasteiger partial charge >= 0.3 is 0 Å². The summed E-state index contributed by atoms with van der Waals surface area (Å²) >= 11 is 0. The van der Waals surface area contributed by atoms with Crippen LogP contribution in [-0.2, 0) is 7.05 Å². The number of nitrogens with one attached hydrogen (secondary N) is 1. The molecule has 0 aromatic carbocycles. The number of hydrogen-bond acceptors (Lipinski definition) is 3. The van der Waals surface area contributed by atoms with Crippen molar-refractivity contribution in [1.29, 1.82) is 0 Å². The van der Waals surface area contributed by atoms with Crippen LogP contribution < -0.4 is 5.32 Å². The number of carbonyl (C=O) groups excluding carboxylic acids is 1. The van der Waals surface area contributed by atoms with Gasteiger partial charge in [-0.25, -0.2) is 0 Å². The zero-order chi connectivity index (χ0) is 10.8. The molecule has 1 aromatic heterocycles. The Morgan fingerprint density at radius 2 is 2.53 bits per heavy atom. The van der Waals surface area contributed by atoms with E-state index in [4.69, 9.17) is 0 Å². The fraction of sp³-hybridized carbons (Fsp3) is 0.636. The topological polar surface area (TPSA) is 46.9 Å². The van der Waals surface area contributed by atoms with E-state index < -0.39 is 0 Å². The second-order valence-electron chi connectivity index (χ2n) is 4.22. The van der Waals surface area contributed by atoms with E-state index in [2.05, 4.69) is 10.4 Å². The Hall–Kier alpha value is -1.16. The minimum absolute atomic E-state index is 0.208. The van der Waals surface area contributed by atoms with Gasteiger partial charge < -0.3 is 5.32 Å². The SMILES string of the molecule is Cc1nn(C)cc1C(=O)CC1CCCN1. The van der Waals surface area contributed by atoms with Gasteiger partial charge in [0.2, 0.25) is 0 Å². The molecule has 1 N–H and O–H groups in total. The predicted octanol–water partition coefficient (Wildman–Crippen LogP) is 1.05. The van der Waals surface area contributed by atoms with Gasteiger partial charge in [0, 0.05) is 25.7 Å². The number of aromatic nitrogens is 2. The van der Waals surface area contributed by atoms with Gasteiger partial charge in [0.25, 0.3) is 0 Å². The second kappa shape index (κ2) is 4.14. The van der Waals surface area contributed by atoms with E-state index in [-0.39, 0.29) is 5.78 Å². The molecule has 1 atom stereocenters. The van der Waals surface area contributed by atoms with Gasteiger partial charge in [-0.1, -0.05) is 0 Å². The van der Waals surface area contributed by atoms with E-state index in [1.54, 1.807) is 4.68 Å². The highest BCUT2D eigenvalue weighted by molar-refractivity contribution is 5.97. The standard InChI is InChI=1S/C11H17N3O/c1-8-10(7-14(2)13-8)11(15)6-9-4-3-5-12-9/h7,9,12H,3-6H2,1-2H3. The molecule has 2 heterocycles. The third kappa shape index (κ3) is 2.26. The molecular formula is C11H17N3O. The van der Waals surface area contributed by atoms with Gasteiger partial charge in [-0.15, -0.1) is 0 Å². The number of aryl methyl sites for hydroxylation is 2. The van der Waals surface area contributed by atoms with Gasteiger partial charge in [0.15, 0.2) is 5.78 Å². The fourth-order valence-corrected chi connectivity index (χ4v) is 2.14. The van der Waals surface area contributed by atoms with Crippen molar-refractivity contribution in [3.63, 3.8) is 0 Å². The molecule has 0 radical (unpaired) electrons. The van der Waals surface area contributed by atoms with Crippen LogP contribution in [0.25, 0.3) is 0 Å². The average molecular weight is 207 g/mol. The minimum Gasteiger partial charge on any atom is -0.314 e. The Balaban J connectivity index is 2.03. The molecule has 4 nitrogen and oxygen atoms in total. The lowest BCUT2D eigenvalue weighted by Gasteiger charge is -2.07. The summed E-state index contributed by atoms with van der Waals surface area (Å²) in [4.78, 5) is 11.9. The maximum Gasteiger partial charge on any atom is 0.167 e. The first-order chi connectivity index (χ1) is 7.16. The summed E-state index contributed by atoms with van der Waals surface area (Å²) in [6.07, 6.45) is 4.72. The third-order valence-electron chi connectivity index (χ3n) is 2.91. The number of rotatable bonds is 3. The predicted molar refractivity (Wildman–Crippen MR) is 57.9 cm³/mol. The molecule has 1 aliphatic rings. The lowest BCUT2D eigenvalue weighted by molar-refractivity contribution is 0.0971. The van der Waals surface area contributed by atoms with Crippen LogP contribution in [-0.4, -0.2) is 28.2 Å². The molecule has 15 heavy (non-hydrogen) atoms. The van der Waals surface area contributed by atoms with Crippen LogP contribution in [0.15, 0.2) is 6.20 Å². The number of carbonyl (C=O) groups is 1. The molecule has 0 spiro atoms. The molecule has 1 aliphatic heterocycles. The lowest BCUT2D eigenvalue weighted by atomic mass is 10.0. The summed E-state index contributed by atoms with van der Waals surface area (Å²) in [5.74, 6) is 0.208. The number of hydrogen-bond donors (Lipinski definition) is 1. The normalized spacial score (nSPS) is 20.8. The number of Topliss-reactive ketones (excluding diaryl/α,β-unsaturated/α-hetero) is 1. The zero-order valence-electron chi connectivity index (χ0n) is 9.29. The number of nitrogens with zero attached hydrogens (tertiary/aromatic N) is 2. The summed E-state index contributed by atoms with van der Waals surface area (Å²) < 4.78 is 1.70. The summed E-state index contributed by atoms with van der Waals surface area (Å²) in [5.41, 5.74) is 1.60. The van der Waals surface area contributed by atoms with Crippen LogP contribution in [0.1, 0.15) is 35.3 Å². The van der Waals surface area contributed by atoms with Crippen molar-refractivity contribution in [1.82, 2.24) is 15.1 Å². The monoisotopic (exact) mass is 207 g/mol. The van der Waals surface area contributed by atoms with E-state index in [1.165, 1.54) is 6.42 Å². The maximum atomic E-state index is 11.9. The molecular weight excluding hydrogens is 190 g/mol. The molecule has 2 rings (SSSR count). The first-order valence-corrected chi connectivity index (χ1v) is 5.43. The Bertz CT molecular complexity index is 364. The first-order valence-electron chi connectivity index (χ1n) is 5.43. The summed E-state index contributed by atoms with van der Waals surface area (Å²) in [7, 11) is 1.84. The van der Waals surface area contributed by atoms with Crippen molar-refractivity contribution in [2.75, 3.05) is 6.54 Å². The van der Waals surface area contributed by atoms with Gasteiger partial charge in [-0.05, 0) is 26.3 Å². The quantitative estimate of drug-likeness (QED) is 0.754. The molecule has 4 heteroatoms. The Morgan fingerprint density at radius 1 is 1.73 bits per heavy atom. The maximum absolute atomic E-state index is 11.9. The third-order valence-corrected chi connectivity index (χ3v) is 2.91. The van der Waals surface area contributed by atoms with Crippen LogP contribution in [0.5, 0.6) is 0 Å². The summed E-state index contributed by atoms with van der Waals surface area (Å²) in [6, 6.07) is 0.372. The Kier molecular flexibility index (Phi) is 2.86. The van der Waals surface area contributed by atoms with Crippen molar-refractivity contribution in [2.45, 2.75) is 32.2 Å². The van der Waals surface area contributed by atoms with Crippen molar-refractivity contribution in [3.05, 3.63) is 17.5 Å². The van der Waals surface area contributed by atoms with Crippen molar-refractivity contribution in [2.24, 2.45) is 7.05 Å². The fourth-order valence-electron chi connectivity index (χ4n) is 2.14. The van der Waals surface area contributed by atoms with Gasteiger partial charge in [-0.2, -0.15) is 5.10 Å². The molecule has 0 saturated carbocycles. The largest absolute Gasteiger partial charge is 0.314 e. The smallest absolute Gasteiger partial charge is 0.167 e. The van der Waals surface area contributed by atoms with Crippen LogP contribution in [0.2, 0.25) is 0 Å². The highest BCUT2D eigenvalue weighted by atomic mass is 16.1. The molecule has 1 saturated heterocycles. The molecule has 1 fully saturated rings. The molecule has 0 bridgehead atoms. The average Bonchev–Trinajstić information content (AvgIpc) is 2.75. The van der Waals surface area contributed by atoms with Gasteiger partial charge in [-0.3, -0.25) is 9.48 Å².